The lowest BCUT2D eigenvalue weighted by atomic mass is 10.1. The Hall–Kier alpha value is -2.90. The van der Waals surface area contributed by atoms with E-state index >= 15 is 0 Å². The first-order valence-electron chi connectivity index (χ1n) is 9.43. The SMILES string of the molecule is CCCCOc1ccc(Nc2ncnc(N3CCCCC3)c2[N+](=O)[O-])cc1. The van der Waals surface area contributed by atoms with E-state index in [1.807, 2.05) is 29.2 Å². The number of ether oxygens (including phenoxy) is 1. The van der Waals surface area contributed by atoms with Crippen LogP contribution in [0.3, 0.4) is 0 Å². The summed E-state index contributed by atoms with van der Waals surface area (Å²) in [6, 6.07) is 7.34. The minimum absolute atomic E-state index is 0.0809. The molecule has 0 aliphatic carbocycles. The number of aromatic nitrogens is 2. The van der Waals surface area contributed by atoms with Gasteiger partial charge in [0.25, 0.3) is 0 Å². The van der Waals surface area contributed by atoms with E-state index in [-0.39, 0.29) is 11.5 Å². The molecular formula is C19H25N5O3. The highest BCUT2D eigenvalue weighted by Crippen LogP contribution is 2.34. The Bertz CT molecular complexity index is 760. The zero-order valence-electron chi connectivity index (χ0n) is 15.6. The zero-order chi connectivity index (χ0) is 19.1. The van der Waals surface area contributed by atoms with Crippen molar-refractivity contribution >= 4 is 23.0 Å². The molecule has 0 saturated carbocycles. The summed E-state index contributed by atoms with van der Waals surface area (Å²) in [7, 11) is 0. The molecule has 1 aromatic carbocycles. The van der Waals surface area contributed by atoms with Gasteiger partial charge in [0, 0.05) is 18.8 Å². The molecule has 0 spiro atoms. The van der Waals surface area contributed by atoms with Gasteiger partial charge in [0.05, 0.1) is 11.5 Å². The summed E-state index contributed by atoms with van der Waals surface area (Å²) in [6.45, 7) is 4.35. The van der Waals surface area contributed by atoms with E-state index in [9.17, 15) is 10.1 Å². The third-order valence-electron chi connectivity index (χ3n) is 4.52. The number of benzene rings is 1. The smallest absolute Gasteiger partial charge is 0.353 e. The van der Waals surface area contributed by atoms with E-state index in [2.05, 4.69) is 22.2 Å². The van der Waals surface area contributed by atoms with Crippen molar-refractivity contribution in [2.45, 2.75) is 39.0 Å². The fourth-order valence-corrected chi connectivity index (χ4v) is 3.07. The summed E-state index contributed by atoms with van der Waals surface area (Å²) in [5, 5.41) is 14.8. The largest absolute Gasteiger partial charge is 0.494 e. The van der Waals surface area contributed by atoms with Gasteiger partial charge in [-0.05, 0) is 49.9 Å². The van der Waals surface area contributed by atoms with Crippen LogP contribution >= 0.6 is 0 Å². The fraction of sp³-hybridized carbons (Fsp3) is 0.474. The molecule has 27 heavy (non-hydrogen) atoms. The van der Waals surface area contributed by atoms with Crippen LogP contribution in [0.1, 0.15) is 39.0 Å². The monoisotopic (exact) mass is 371 g/mol. The van der Waals surface area contributed by atoms with Crippen molar-refractivity contribution in [3.63, 3.8) is 0 Å². The predicted molar refractivity (Wildman–Crippen MR) is 105 cm³/mol. The van der Waals surface area contributed by atoms with Crippen LogP contribution in [0.25, 0.3) is 0 Å². The Morgan fingerprint density at radius 3 is 2.59 bits per heavy atom. The van der Waals surface area contributed by atoms with Gasteiger partial charge >= 0.3 is 5.69 Å². The molecule has 1 fully saturated rings. The highest BCUT2D eigenvalue weighted by Gasteiger charge is 2.27. The van der Waals surface area contributed by atoms with Crippen LogP contribution in [0, 0.1) is 10.1 Å². The number of rotatable bonds is 8. The first-order chi connectivity index (χ1) is 13.2. The van der Waals surface area contributed by atoms with Gasteiger partial charge in [-0.2, -0.15) is 0 Å². The maximum absolute atomic E-state index is 11.7. The molecule has 1 aliphatic heterocycles. The van der Waals surface area contributed by atoms with Crippen LogP contribution in [-0.4, -0.2) is 34.6 Å². The van der Waals surface area contributed by atoms with Gasteiger partial charge in [-0.3, -0.25) is 10.1 Å². The van der Waals surface area contributed by atoms with E-state index < -0.39 is 4.92 Å². The minimum atomic E-state index is -0.408. The fourth-order valence-electron chi connectivity index (χ4n) is 3.07. The molecule has 144 valence electrons. The molecule has 3 rings (SSSR count). The highest BCUT2D eigenvalue weighted by molar-refractivity contribution is 5.74. The Labute approximate surface area is 158 Å². The van der Waals surface area contributed by atoms with E-state index in [0.29, 0.717) is 18.1 Å². The lowest BCUT2D eigenvalue weighted by Crippen LogP contribution is -2.31. The van der Waals surface area contributed by atoms with Gasteiger partial charge in [0.15, 0.2) is 0 Å². The minimum Gasteiger partial charge on any atom is -0.494 e. The van der Waals surface area contributed by atoms with Crippen LogP contribution < -0.4 is 15.0 Å². The lowest BCUT2D eigenvalue weighted by molar-refractivity contribution is -0.383. The number of hydrogen-bond donors (Lipinski definition) is 1. The maximum atomic E-state index is 11.7. The van der Waals surface area contributed by atoms with Crippen molar-refractivity contribution in [2.75, 3.05) is 29.9 Å². The molecule has 0 bridgehead atoms. The third-order valence-corrected chi connectivity index (χ3v) is 4.52. The summed E-state index contributed by atoms with van der Waals surface area (Å²) in [6.07, 6.45) is 6.64. The van der Waals surface area contributed by atoms with E-state index in [0.717, 1.165) is 50.9 Å². The van der Waals surface area contributed by atoms with Crippen molar-refractivity contribution < 1.29 is 9.66 Å². The van der Waals surface area contributed by atoms with Gasteiger partial charge in [0.2, 0.25) is 11.6 Å². The molecule has 1 aromatic heterocycles. The molecule has 2 aromatic rings. The number of piperidine rings is 1. The molecule has 0 unspecified atom stereocenters. The number of hydrogen-bond acceptors (Lipinski definition) is 7. The van der Waals surface area contributed by atoms with Crippen molar-refractivity contribution in [1.82, 2.24) is 9.97 Å². The number of nitrogens with zero attached hydrogens (tertiary/aromatic N) is 4. The van der Waals surface area contributed by atoms with Gasteiger partial charge in [0.1, 0.15) is 12.1 Å². The maximum Gasteiger partial charge on any atom is 0.353 e. The molecule has 8 nitrogen and oxygen atoms in total. The second-order valence-electron chi connectivity index (χ2n) is 6.55. The second-order valence-corrected chi connectivity index (χ2v) is 6.55. The molecule has 1 N–H and O–H groups in total. The van der Waals surface area contributed by atoms with Crippen LogP contribution in [-0.2, 0) is 0 Å². The number of anilines is 3. The van der Waals surface area contributed by atoms with Gasteiger partial charge < -0.3 is 15.0 Å². The van der Waals surface area contributed by atoms with Crippen molar-refractivity contribution in [3.05, 3.63) is 40.7 Å². The summed E-state index contributed by atoms with van der Waals surface area (Å²) >= 11 is 0. The molecule has 0 atom stereocenters. The van der Waals surface area contributed by atoms with Crippen LogP contribution in [0.5, 0.6) is 5.75 Å². The summed E-state index contributed by atoms with van der Waals surface area (Å²) in [4.78, 5) is 21.6. The van der Waals surface area contributed by atoms with Crippen molar-refractivity contribution in [1.29, 1.82) is 0 Å². The molecule has 0 amide bonds. The average Bonchev–Trinajstić information content (AvgIpc) is 2.70. The van der Waals surface area contributed by atoms with Crippen molar-refractivity contribution in [3.8, 4) is 5.75 Å². The normalized spacial score (nSPS) is 14.0. The first-order valence-corrected chi connectivity index (χ1v) is 9.43. The van der Waals surface area contributed by atoms with Crippen LogP contribution in [0.4, 0.5) is 23.0 Å². The van der Waals surface area contributed by atoms with Gasteiger partial charge in [-0.25, -0.2) is 9.97 Å². The Morgan fingerprint density at radius 1 is 1.19 bits per heavy atom. The molecular weight excluding hydrogens is 346 g/mol. The van der Waals surface area contributed by atoms with Gasteiger partial charge in [-0.15, -0.1) is 0 Å². The number of nitro groups is 1. The number of unbranched alkanes of at least 4 members (excludes halogenated alkanes) is 1. The quantitative estimate of drug-likeness (QED) is 0.420. The summed E-state index contributed by atoms with van der Waals surface area (Å²) in [5.41, 5.74) is 0.631. The summed E-state index contributed by atoms with van der Waals surface area (Å²) < 4.78 is 5.64. The first kappa shape index (κ1) is 18.9. The topological polar surface area (TPSA) is 93.4 Å². The zero-order valence-corrected chi connectivity index (χ0v) is 15.6. The number of nitrogens with one attached hydrogen (secondary N) is 1. The molecule has 2 heterocycles. The Morgan fingerprint density at radius 2 is 1.93 bits per heavy atom. The third kappa shape index (κ3) is 4.84. The Balaban J connectivity index is 1.78. The van der Waals surface area contributed by atoms with Crippen LogP contribution in [0.15, 0.2) is 30.6 Å². The molecule has 8 heteroatoms. The average molecular weight is 371 g/mol. The summed E-state index contributed by atoms with van der Waals surface area (Å²) in [5.74, 6) is 1.37. The molecule has 1 aliphatic rings. The van der Waals surface area contributed by atoms with Crippen LogP contribution in [0.2, 0.25) is 0 Å². The molecule has 1 saturated heterocycles. The Kier molecular flexibility index (Phi) is 6.40. The van der Waals surface area contributed by atoms with E-state index in [4.69, 9.17) is 4.74 Å². The van der Waals surface area contributed by atoms with Gasteiger partial charge in [-0.1, -0.05) is 13.3 Å². The van der Waals surface area contributed by atoms with Crippen molar-refractivity contribution in [2.24, 2.45) is 0 Å². The lowest BCUT2D eigenvalue weighted by Gasteiger charge is -2.27. The highest BCUT2D eigenvalue weighted by atomic mass is 16.6. The predicted octanol–water partition coefficient (Wildman–Crippen LogP) is 4.30. The van der Waals surface area contributed by atoms with E-state index in [1.165, 1.54) is 6.33 Å². The molecule has 0 radical (unpaired) electrons. The standard InChI is InChI=1S/C19H25N5O3/c1-2-3-13-27-16-9-7-15(8-10-16)22-18-17(24(25)26)19(21-14-20-18)23-11-5-4-6-12-23/h7-10,14H,2-6,11-13H2,1H3,(H,20,21,22). The second kappa shape index (κ2) is 9.16. The van der Waals surface area contributed by atoms with E-state index in [1.54, 1.807) is 0 Å².